The van der Waals surface area contributed by atoms with Crippen molar-refractivity contribution < 1.29 is 9.84 Å². The highest BCUT2D eigenvalue weighted by Crippen LogP contribution is 2.34. The lowest BCUT2D eigenvalue weighted by atomic mass is 10.2. The molecule has 2 fully saturated rings. The Hall–Kier alpha value is -2.40. The summed E-state index contributed by atoms with van der Waals surface area (Å²) in [6.45, 7) is 5.51. The summed E-state index contributed by atoms with van der Waals surface area (Å²) in [6.07, 6.45) is 4.14. The number of nitrogens with one attached hydrogen (secondary N) is 1. The van der Waals surface area contributed by atoms with Crippen molar-refractivity contribution in [2.45, 2.75) is 19.1 Å². The van der Waals surface area contributed by atoms with Crippen molar-refractivity contribution in [1.82, 2.24) is 24.8 Å². The second-order valence-corrected chi connectivity index (χ2v) is 8.74. The Labute approximate surface area is 178 Å². The maximum atomic E-state index is 9.84. The van der Waals surface area contributed by atoms with E-state index < -0.39 is 0 Å². The van der Waals surface area contributed by atoms with Gasteiger partial charge in [-0.1, -0.05) is 0 Å². The average molecular weight is 428 g/mol. The largest absolute Gasteiger partial charge is 0.392 e. The third-order valence-electron chi connectivity index (χ3n) is 5.49. The van der Waals surface area contributed by atoms with Crippen LogP contribution in [0.3, 0.4) is 0 Å². The molecule has 0 bridgehead atoms. The van der Waals surface area contributed by atoms with Crippen molar-refractivity contribution in [2.24, 2.45) is 0 Å². The van der Waals surface area contributed by atoms with Crippen molar-refractivity contribution in [1.29, 1.82) is 0 Å². The minimum Gasteiger partial charge on any atom is -0.392 e. The predicted molar refractivity (Wildman–Crippen MR) is 117 cm³/mol. The zero-order valence-electron chi connectivity index (χ0n) is 16.9. The number of fused-ring (bicyclic) bond motifs is 1. The van der Waals surface area contributed by atoms with Gasteiger partial charge in [-0.25, -0.2) is 19.9 Å². The second kappa shape index (κ2) is 8.38. The first-order valence-corrected chi connectivity index (χ1v) is 11.0. The van der Waals surface area contributed by atoms with Gasteiger partial charge in [-0.15, -0.1) is 11.3 Å². The molecule has 5 rings (SSSR count). The summed E-state index contributed by atoms with van der Waals surface area (Å²) >= 11 is 1.69. The zero-order valence-corrected chi connectivity index (χ0v) is 17.7. The standard InChI is InChI=1S/C20H25N7O2S/c1-21-20-22-9-13(10-23-20)17-24-18(27-4-6-29-7-5-27)16-8-15(30-19(16)25-17)12-26-3-2-14(28)11-26/h8-10,14,28H,2-7,11-12H2,1H3,(H,21,22,23). The van der Waals surface area contributed by atoms with Gasteiger partial charge in [0, 0.05) is 57.0 Å². The number of anilines is 2. The van der Waals surface area contributed by atoms with Crippen LogP contribution in [0.2, 0.25) is 0 Å². The molecule has 1 unspecified atom stereocenters. The highest BCUT2D eigenvalue weighted by atomic mass is 32.1. The zero-order chi connectivity index (χ0) is 20.5. The smallest absolute Gasteiger partial charge is 0.222 e. The van der Waals surface area contributed by atoms with Crippen LogP contribution in [0.25, 0.3) is 21.6 Å². The molecule has 0 spiro atoms. The van der Waals surface area contributed by atoms with Crippen molar-refractivity contribution in [3.8, 4) is 11.4 Å². The van der Waals surface area contributed by atoms with E-state index in [1.165, 1.54) is 4.88 Å². The Morgan fingerprint density at radius 1 is 1.20 bits per heavy atom. The molecule has 0 aromatic carbocycles. The third kappa shape index (κ3) is 3.95. The second-order valence-electron chi connectivity index (χ2n) is 7.62. The third-order valence-corrected chi connectivity index (χ3v) is 6.51. The fraction of sp³-hybridized carbons (Fsp3) is 0.500. The van der Waals surface area contributed by atoms with Gasteiger partial charge in [0.05, 0.1) is 30.3 Å². The van der Waals surface area contributed by atoms with E-state index >= 15 is 0 Å². The van der Waals surface area contributed by atoms with Gasteiger partial charge < -0.3 is 20.1 Å². The Morgan fingerprint density at radius 2 is 2.00 bits per heavy atom. The predicted octanol–water partition coefficient (Wildman–Crippen LogP) is 1.59. The number of aromatic nitrogens is 4. The molecule has 1 atom stereocenters. The highest BCUT2D eigenvalue weighted by molar-refractivity contribution is 7.18. The molecule has 2 N–H and O–H groups in total. The number of thiophene rings is 1. The van der Waals surface area contributed by atoms with Crippen LogP contribution in [0.5, 0.6) is 0 Å². The monoisotopic (exact) mass is 427 g/mol. The summed E-state index contributed by atoms with van der Waals surface area (Å²) in [5.74, 6) is 2.15. The SMILES string of the molecule is CNc1ncc(-c2nc(N3CCOCC3)c3cc(CN4CCC(O)C4)sc3n2)cn1. The van der Waals surface area contributed by atoms with Crippen LogP contribution in [0.15, 0.2) is 18.5 Å². The first-order valence-electron chi connectivity index (χ1n) is 10.2. The summed E-state index contributed by atoms with van der Waals surface area (Å²) in [6, 6.07) is 2.21. The van der Waals surface area contributed by atoms with E-state index in [-0.39, 0.29) is 6.10 Å². The number of nitrogens with zero attached hydrogens (tertiary/aromatic N) is 6. The number of likely N-dealkylation sites (tertiary alicyclic amines) is 1. The van der Waals surface area contributed by atoms with Gasteiger partial charge >= 0.3 is 0 Å². The van der Waals surface area contributed by atoms with Crippen molar-refractivity contribution in [2.75, 3.05) is 56.7 Å². The van der Waals surface area contributed by atoms with E-state index in [0.717, 1.165) is 60.7 Å². The van der Waals surface area contributed by atoms with Crippen molar-refractivity contribution >= 4 is 33.3 Å². The quantitative estimate of drug-likeness (QED) is 0.629. The molecule has 2 aliphatic rings. The molecule has 3 aromatic rings. The van der Waals surface area contributed by atoms with Gasteiger partial charge in [0.2, 0.25) is 5.95 Å². The van der Waals surface area contributed by atoms with E-state index in [4.69, 9.17) is 14.7 Å². The number of ether oxygens (including phenoxy) is 1. The summed E-state index contributed by atoms with van der Waals surface area (Å²) < 4.78 is 5.54. The molecule has 0 radical (unpaired) electrons. The lowest BCUT2D eigenvalue weighted by molar-refractivity contribution is 0.122. The summed E-state index contributed by atoms with van der Waals surface area (Å²) in [4.78, 5) is 25.2. The van der Waals surface area contributed by atoms with Crippen LogP contribution >= 0.6 is 11.3 Å². The Kier molecular flexibility index (Phi) is 5.47. The van der Waals surface area contributed by atoms with Gasteiger partial charge in [0.25, 0.3) is 0 Å². The maximum Gasteiger partial charge on any atom is 0.222 e. The molecule has 0 saturated carbocycles. The van der Waals surface area contributed by atoms with Crippen LogP contribution in [0.1, 0.15) is 11.3 Å². The molecular weight excluding hydrogens is 402 g/mol. The summed E-state index contributed by atoms with van der Waals surface area (Å²) in [5, 5.41) is 13.8. The van der Waals surface area contributed by atoms with Crippen molar-refractivity contribution in [3.05, 3.63) is 23.3 Å². The van der Waals surface area contributed by atoms with Crippen LogP contribution in [0, 0.1) is 0 Å². The number of morpholine rings is 1. The molecule has 0 amide bonds. The molecule has 30 heavy (non-hydrogen) atoms. The molecule has 5 heterocycles. The molecule has 9 nitrogen and oxygen atoms in total. The number of β-amino-alcohol motifs (C(OH)–C–C–N with tert-alkyl or cyclic N) is 1. The van der Waals surface area contributed by atoms with E-state index in [2.05, 4.69) is 31.2 Å². The average Bonchev–Trinajstić information content (AvgIpc) is 3.39. The van der Waals surface area contributed by atoms with Gasteiger partial charge in [-0.2, -0.15) is 0 Å². The molecule has 2 aliphatic heterocycles. The number of rotatable bonds is 5. The van der Waals surface area contributed by atoms with Gasteiger partial charge in [0.15, 0.2) is 5.82 Å². The van der Waals surface area contributed by atoms with Crippen LogP contribution in [0.4, 0.5) is 11.8 Å². The fourth-order valence-electron chi connectivity index (χ4n) is 3.93. The Balaban J connectivity index is 1.53. The van der Waals surface area contributed by atoms with E-state index in [9.17, 15) is 5.11 Å². The van der Waals surface area contributed by atoms with E-state index in [0.29, 0.717) is 25.0 Å². The number of aliphatic hydroxyl groups is 1. The molecule has 2 saturated heterocycles. The lowest BCUT2D eigenvalue weighted by Gasteiger charge is -2.28. The molecule has 0 aliphatic carbocycles. The van der Waals surface area contributed by atoms with Crippen LogP contribution in [-0.4, -0.2) is 82.5 Å². The Bertz CT molecular complexity index is 1020. The first-order chi connectivity index (χ1) is 14.7. The summed E-state index contributed by atoms with van der Waals surface area (Å²) in [7, 11) is 1.79. The molecule has 10 heteroatoms. The maximum absolute atomic E-state index is 9.84. The normalized spacial score (nSPS) is 20.2. The fourth-order valence-corrected chi connectivity index (χ4v) is 4.99. The van der Waals surface area contributed by atoms with E-state index in [1.807, 2.05) is 0 Å². The van der Waals surface area contributed by atoms with Gasteiger partial charge in [-0.05, 0) is 12.5 Å². The minimum atomic E-state index is -0.213. The Morgan fingerprint density at radius 3 is 2.70 bits per heavy atom. The number of hydrogen-bond donors (Lipinski definition) is 2. The van der Waals surface area contributed by atoms with E-state index in [1.54, 1.807) is 30.8 Å². The van der Waals surface area contributed by atoms with Crippen molar-refractivity contribution in [3.63, 3.8) is 0 Å². The minimum absolute atomic E-state index is 0.213. The first kappa shape index (κ1) is 19.6. The van der Waals surface area contributed by atoms with Gasteiger partial charge in [-0.3, -0.25) is 4.90 Å². The number of aliphatic hydroxyl groups excluding tert-OH is 1. The molecule has 3 aromatic heterocycles. The molecular formula is C20H25N7O2S. The number of hydrogen-bond acceptors (Lipinski definition) is 10. The topological polar surface area (TPSA) is 99.5 Å². The van der Waals surface area contributed by atoms with Gasteiger partial charge in [0.1, 0.15) is 10.6 Å². The highest BCUT2D eigenvalue weighted by Gasteiger charge is 2.23. The summed E-state index contributed by atoms with van der Waals surface area (Å²) in [5.41, 5.74) is 0.794. The molecule has 158 valence electrons. The lowest BCUT2D eigenvalue weighted by Crippen LogP contribution is -2.37. The van der Waals surface area contributed by atoms with Crippen LogP contribution in [-0.2, 0) is 11.3 Å². The van der Waals surface area contributed by atoms with Crippen LogP contribution < -0.4 is 10.2 Å².